The van der Waals surface area contributed by atoms with Crippen LogP contribution < -0.4 is 10.2 Å². The lowest BCUT2D eigenvalue weighted by Crippen LogP contribution is -2.30. The van der Waals surface area contributed by atoms with Crippen molar-refractivity contribution in [1.29, 1.82) is 0 Å². The average molecular weight is 282 g/mol. The minimum absolute atomic E-state index is 0.477. The van der Waals surface area contributed by atoms with E-state index in [9.17, 15) is 0 Å². The number of benzene rings is 2. The first kappa shape index (κ1) is 15.6. The smallest absolute Gasteiger partial charge is 0.0432 e. The fourth-order valence-electron chi connectivity index (χ4n) is 2.43. The van der Waals surface area contributed by atoms with E-state index in [1.165, 1.54) is 16.8 Å². The Hall–Kier alpha value is -1.80. The van der Waals surface area contributed by atoms with Gasteiger partial charge in [0.15, 0.2) is 0 Å². The van der Waals surface area contributed by atoms with Crippen molar-refractivity contribution in [1.82, 2.24) is 5.32 Å². The molecule has 0 saturated carbocycles. The molecule has 1 N–H and O–H groups in total. The summed E-state index contributed by atoms with van der Waals surface area (Å²) in [7, 11) is 0. The summed E-state index contributed by atoms with van der Waals surface area (Å²) in [5, 5.41) is 3.36. The minimum Gasteiger partial charge on any atom is -0.365 e. The standard InChI is InChI=1S/C19H26N2/c1-4-20-14-17-10-12-19(13-11-17)21(16(2)3)15-18-8-6-5-7-9-18/h5-13,16,20H,4,14-15H2,1-3H3. The van der Waals surface area contributed by atoms with Crippen molar-refractivity contribution in [2.75, 3.05) is 11.4 Å². The van der Waals surface area contributed by atoms with Crippen LogP contribution >= 0.6 is 0 Å². The van der Waals surface area contributed by atoms with Crippen LogP contribution in [-0.2, 0) is 13.1 Å². The molecule has 0 fully saturated rings. The molecule has 2 aromatic rings. The number of anilines is 1. The summed E-state index contributed by atoms with van der Waals surface area (Å²) in [6.07, 6.45) is 0. The normalized spacial score (nSPS) is 10.9. The molecule has 0 bridgehead atoms. The highest BCUT2D eigenvalue weighted by molar-refractivity contribution is 5.49. The van der Waals surface area contributed by atoms with Gasteiger partial charge in [-0.3, -0.25) is 0 Å². The summed E-state index contributed by atoms with van der Waals surface area (Å²) in [6, 6.07) is 20.0. The maximum Gasteiger partial charge on any atom is 0.0432 e. The molecule has 0 heterocycles. The molecule has 2 nitrogen and oxygen atoms in total. The van der Waals surface area contributed by atoms with Gasteiger partial charge in [0.05, 0.1) is 0 Å². The van der Waals surface area contributed by atoms with Crippen LogP contribution in [-0.4, -0.2) is 12.6 Å². The molecule has 21 heavy (non-hydrogen) atoms. The Bertz CT molecular complexity index is 517. The van der Waals surface area contributed by atoms with Gasteiger partial charge in [-0.2, -0.15) is 0 Å². The van der Waals surface area contributed by atoms with Crippen LogP contribution in [0.25, 0.3) is 0 Å². The third-order valence-corrected chi connectivity index (χ3v) is 3.67. The van der Waals surface area contributed by atoms with Crippen LogP contribution in [0.1, 0.15) is 31.9 Å². The first-order chi connectivity index (χ1) is 10.2. The number of nitrogens with one attached hydrogen (secondary N) is 1. The Morgan fingerprint density at radius 3 is 2.14 bits per heavy atom. The lowest BCUT2D eigenvalue weighted by atomic mass is 10.1. The molecule has 2 rings (SSSR count). The molecule has 0 amide bonds. The van der Waals surface area contributed by atoms with Crippen LogP contribution in [0, 0.1) is 0 Å². The Labute approximate surface area is 128 Å². The summed E-state index contributed by atoms with van der Waals surface area (Å²) in [5.74, 6) is 0. The minimum atomic E-state index is 0.477. The van der Waals surface area contributed by atoms with E-state index in [4.69, 9.17) is 0 Å². The second-order valence-electron chi connectivity index (χ2n) is 5.65. The van der Waals surface area contributed by atoms with Crippen molar-refractivity contribution in [3.63, 3.8) is 0 Å². The van der Waals surface area contributed by atoms with Gasteiger partial charge in [0.25, 0.3) is 0 Å². The number of nitrogens with zero attached hydrogens (tertiary/aromatic N) is 1. The SMILES string of the molecule is CCNCc1ccc(N(Cc2ccccc2)C(C)C)cc1. The molecule has 0 atom stereocenters. The van der Waals surface area contributed by atoms with Crippen LogP contribution in [0.3, 0.4) is 0 Å². The van der Waals surface area contributed by atoms with Gasteiger partial charge >= 0.3 is 0 Å². The largest absolute Gasteiger partial charge is 0.365 e. The summed E-state index contributed by atoms with van der Waals surface area (Å²) < 4.78 is 0. The fourth-order valence-corrected chi connectivity index (χ4v) is 2.43. The van der Waals surface area contributed by atoms with E-state index >= 15 is 0 Å². The predicted molar refractivity (Wildman–Crippen MR) is 91.6 cm³/mol. The van der Waals surface area contributed by atoms with E-state index in [0.717, 1.165) is 19.6 Å². The van der Waals surface area contributed by atoms with E-state index in [0.29, 0.717) is 6.04 Å². The first-order valence-electron chi connectivity index (χ1n) is 7.81. The third kappa shape index (κ3) is 4.61. The van der Waals surface area contributed by atoms with Gasteiger partial charge in [-0.05, 0) is 43.7 Å². The Morgan fingerprint density at radius 1 is 0.905 bits per heavy atom. The summed E-state index contributed by atoms with van der Waals surface area (Å²) in [4.78, 5) is 2.44. The molecule has 0 aliphatic heterocycles. The van der Waals surface area contributed by atoms with Gasteiger partial charge in [0.1, 0.15) is 0 Å². The quantitative estimate of drug-likeness (QED) is 0.818. The van der Waals surface area contributed by atoms with Gasteiger partial charge in [0.2, 0.25) is 0 Å². The second-order valence-corrected chi connectivity index (χ2v) is 5.65. The zero-order valence-corrected chi connectivity index (χ0v) is 13.3. The molecule has 0 aliphatic rings. The molecule has 0 aliphatic carbocycles. The van der Waals surface area contributed by atoms with E-state index in [1.54, 1.807) is 0 Å². The highest BCUT2D eigenvalue weighted by Gasteiger charge is 2.11. The maximum absolute atomic E-state index is 3.36. The van der Waals surface area contributed by atoms with E-state index in [2.05, 4.69) is 85.6 Å². The second kappa shape index (κ2) is 7.84. The monoisotopic (exact) mass is 282 g/mol. The molecule has 0 spiro atoms. The summed E-state index contributed by atoms with van der Waals surface area (Å²) in [6.45, 7) is 9.52. The van der Waals surface area contributed by atoms with Gasteiger partial charge in [-0.25, -0.2) is 0 Å². The van der Waals surface area contributed by atoms with Crippen molar-refractivity contribution in [3.05, 3.63) is 65.7 Å². The molecule has 0 radical (unpaired) electrons. The fraction of sp³-hybridized carbons (Fsp3) is 0.368. The van der Waals surface area contributed by atoms with Gasteiger partial charge in [0, 0.05) is 24.8 Å². The average Bonchev–Trinajstić information content (AvgIpc) is 2.52. The molecule has 112 valence electrons. The highest BCUT2D eigenvalue weighted by Crippen LogP contribution is 2.20. The van der Waals surface area contributed by atoms with E-state index in [-0.39, 0.29) is 0 Å². The summed E-state index contributed by atoms with van der Waals surface area (Å²) >= 11 is 0. The van der Waals surface area contributed by atoms with E-state index in [1.807, 2.05) is 0 Å². The zero-order valence-electron chi connectivity index (χ0n) is 13.3. The van der Waals surface area contributed by atoms with Gasteiger partial charge in [-0.15, -0.1) is 0 Å². The maximum atomic E-state index is 3.36. The Kier molecular flexibility index (Phi) is 5.82. The lowest BCUT2D eigenvalue weighted by molar-refractivity contribution is 0.681. The lowest BCUT2D eigenvalue weighted by Gasteiger charge is -2.29. The first-order valence-corrected chi connectivity index (χ1v) is 7.81. The molecule has 2 aromatic carbocycles. The van der Waals surface area contributed by atoms with Crippen LogP contribution in [0.15, 0.2) is 54.6 Å². The van der Waals surface area contributed by atoms with E-state index < -0.39 is 0 Å². The van der Waals surface area contributed by atoms with Crippen molar-refractivity contribution >= 4 is 5.69 Å². The Morgan fingerprint density at radius 2 is 1.57 bits per heavy atom. The number of rotatable bonds is 7. The van der Waals surface area contributed by atoms with Crippen LogP contribution in [0.4, 0.5) is 5.69 Å². The van der Waals surface area contributed by atoms with Crippen molar-refractivity contribution in [2.45, 2.75) is 39.9 Å². The van der Waals surface area contributed by atoms with Crippen LogP contribution in [0.5, 0.6) is 0 Å². The summed E-state index contributed by atoms with van der Waals surface area (Å²) in [5.41, 5.74) is 3.97. The molecular formula is C19H26N2. The van der Waals surface area contributed by atoms with Gasteiger partial charge < -0.3 is 10.2 Å². The highest BCUT2D eigenvalue weighted by atomic mass is 15.1. The Balaban J connectivity index is 2.11. The molecule has 0 unspecified atom stereocenters. The molecule has 2 heteroatoms. The van der Waals surface area contributed by atoms with Crippen LogP contribution in [0.2, 0.25) is 0 Å². The number of hydrogen-bond donors (Lipinski definition) is 1. The molecule has 0 aromatic heterocycles. The predicted octanol–water partition coefficient (Wildman–Crippen LogP) is 4.21. The van der Waals surface area contributed by atoms with Crippen molar-refractivity contribution in [2.24, 2.45) is 0 Å². The van der Waals surface area contributed by atoms with Crippen molar-refractivity contribution in [3.8, 4) is 0 Å². The molecule has 0 saturated heterocycles. The molecular weight excluding hydrogens is 256 g/mol. The zero-order chi connectivity index (χ0) is 15.1. The van der Waals surface area contributed by atoms with Crippen molar-refractivity contribution < 1.29 is 0 Å². The van der Waals surface area contributed by atoms with Gasteiger partial charge in [-0.1, -0.05) is 49.4 Å². The topological polar surface area (TPSA) is 15.3 Å². The number of hydrogen-bond acceptors (Lipinski definition) is 2. The third-order valence-electron chi connectivity index (χ3n) is 3.67.